The SMILES string of the molecule is CC(C)CC(=O)NNS(=O)(=O)c1ccc([N+](=O)[O-])cc1. The van der Waals surface area contributed by atoms with Crippen LogP contribution in [0.5, 0.6) is 0 Å². The van der Waals surface area contributed by atoms with Crippen molar-refractivity contribution >= 4 is 21.6 Å². The number of carbonyl (C=O) groups is 1. The minimum Gasteiger partial charge on any atom is -0.278 e. The molecule has 0 spiro atoms. The molecule has 0 aliphatic rings. The highest BCUT2D eigenvalue weighted by atomic mass is 32.2. The molecular formula is C11H15N3O5S. The average molecular weight is 301 g/mol. The van der Waals surface area contributed by atoms with Crippen molar-refractivity contribution in [2.24, 2.45) is 5.92 Å². The molecule has 8 nitrogen and oxygen atoms in total. The molecule has 110 valence electrons. The third kappa shape index (κ3) is 4.59. The molecule has 1 aromatic carbocycles. The molecule has 1 amide bonds. The van der Waals surface area contributed by atoms with E-state index in [2.05, 4.69) is 5.43 Å². The molecule has 2 N–H and O–H groups in total. The van der Waals surface area contributed by atoms with E-state index in [1.165, 1.54) is 0 Å². The highest BCUT2D eigenvalue weighted by molar-refractivity contribution is 7.89. The third-order valence-corrected chi connectivity index (χ3v) is 3.54. The van der Waals surface area contributed by atoms with E-state index >= 15 is 0 Å². The van der Waals surface area contributed by atoms with E-state index in [9.17, 15) is 23.3 Å². The monoisotopic (exact) mass is 301 g/mol. The van der Waals surface area contributed by atoms with Crippen LogP contribution in [0.25, 0.3) is 0 Å². The highest BCUT2D eigenvalue weighted by Crippen LogP contribution is 2.15. The fourth-order valence-electron chi connectivity index (χ4n) is 1.35. The number of nitrogens with one attached hydrogen (secondary N) is 2. The molecule has 0 saturated heterocycles. The summed E-state index contributed by atoms with van der Waals surface area (Å²) in [6, 6.07) is 4.33. The van der Waals surface area contributed by atoms with Gasteiger partial charge in [0.05, 0.1) is 9.82 Å². The lowest BCUT2D eigenvalue weighted by atomic mass is 10.1. The van der Waals surface area contributed by atoms with Gasteiger partial charge in [0, 0.05) is 18.6 Å². The number of nitro groups is 1. The van der Waals surface area contributed by atoms with Crippen LogP contribution in [0.4, 0.5) is 5.69 Å². The molecule has 0 radical (unpaired) electrons. The van der Waals surface area contributed by atoms with Crippen molar-refractivity contribution in [2.75, 3.05) is 0 Å². The van der Waals surface area contributed by atoms with Gasteiger partial charge in [0.1, 0.15) is 0 Å². The maximum absolute atomic E-state index is 11.8. The van der Waals surface area contributed by atoms with E-state index in [1.54, 1.807) is 0 Å². The van der Waals surface area contributed by atoms with Gasteiger partial charge >= 0.3 is 0 Å². The standard InChI is InChI=1S/C11H15N3O5S/c1-8(2)7-11(15)12-13-20(18,19)10-5-3-9(4-6-10)14(16)17/h3-6,8,13H,7H2,1-2H3,(H,12,15). The summed E-state index contributed by atoms with van der Waals surface area (Å²) in [5.41, 5.74) is 1.86. The van der Waals surface area contributed by atoms with Gasteiger partial charge in [-0.05, 0) is 18.1 Å². The minimum absolute atomic E-state index is 0.0962. The number of sulfonamides is 1. The Kier molecular flexibility index (Phi) is 5.17. The first-order chi connectivity index (χ1) is 9.22. The van der Waals surface area contributed by atoms with Gasteiger partial charge in [0.15, 0.2) is 0 Å². The van der Waals surface area contributed by atoms with Crippen LogP contribution in [0.15, 0.2) is 29.2 Å². The van der Waals surface area contributed by atoms with Gasteiger partial charge in [-0.15, -0.1) is 4.83 Å². The first kappa shape index (κ1) is 16.1. The van der Waals surface area contributed by atoms with Crippen LogP contribution in [0.1, 0.15) is 20.3 Å². The highest BCUT2D eigenvalue weighted by Gasteiger charge is 2.16. The Morgan fingerprint density at radius 2 is 1.85 bits per heavy atom. The lowest BCUT2D eigenvalue weighted by Crippen LogP contribution is -2.41. The van der Waals surface area contributed by atoms with Crippen LogP contribution < -0.4 is 10.3 Å². The molecule has 20 heavy (non-hydrogen) atoms. The molecule has 0 fully saturated rings. The van der Waals surface area contributed by atoms with Crippen molar-refractivity contribution in [1.82, 2.24) is 10.3 Å². The predicted molar refractivity (Wildman–Crippen MR) is 71.0 cm³/mol. The molecule has 0 aliphatic carbocycles. The van der Waals surface area contributed by atoms with Crippen LogP contribution in [0.2, 0.25) is 0 Å². The van der Waals surface area contributed by atoms with Gasteiger partial charge in [0.2, 0.25) is 5.91 Å². The molecule has 1 rings (SSSR count). The summed E-state index contributed by atoms with van der Waals surface area (Å²) in [7, 11) is -3.94. The number of hydrazine groups is 1. The number of hydrogen-bond acceptors (Lipinski definition) is 5. The fraction of sp³-hybridized carbons (Fsp3) is 0.364. The largest absolute Gasteiger partial charge is 0.278 e. The normalized spacial score (nSPS) is 11.3. The number of rotatable bonds is 6. The van der Waals surface area contributed by atoms with Crippen LogP contribution in [-0.4, -0.2) is 19.2 Å². The number of non-ortho nitro benzene ring substituents is 1. The van der Waals surface area contributed by atoms with Crippen molar-refractivity contribution in [3.8, 4) is 0 Å². The number of nitrogens with zero attached hydrogens (tertiary/aromatic N) is 1. The first-order valence-corrected chi connectivity index (χ1v) is 7.26. The number of nitro benzene ring substituents is 1. The molecule has 0 unspecified atom stereocenters. The molecule has 0 atom stereocenters. The van der Waals surface area contributed by atoms with Crippen LogP contribution in [-0.2, 0) is 14.8 Å². The number of hydrogen-bond donors (Lipinski definition) is 2. The Balaban J connectivity index is 2.74. The molecule has 0 aromatic heterocycles. The molecule has 0 aliphatic heterocycles. The van der Waals surface area contributed by atoms with Gasteiger partial charge < -0.3 is 0 Å². The number of amides is 1. The zero-order chi connectivity index (χ0) is 15.3. The molecule has 9 heteroatoms. The van der Waals surface area contributed by atoms with Crippen molar-refractivity contribution in [1.29, 1.82) is 0 Å². The van der Waals surface area contributed by atoms with Crippen molar-refractivity contribution < 1.29 is 18.1 Å². The Bertz CT molecular complexity index is 595. The molecule has 0 saturated carbocycles. The predicted octanol–water partition coefficient (Wildman–Crippen LogP) is 0.950. The Morgan fingerprint density at radius 1 is 1.30 bits per heavy atom. The van der Waals surface area contributed by atoms with E-state index in [0.717, 1.165) is 24.3 Å². The second-order valence-electron chi connectivity index (χ2n) is 4.50. The van der Waals surface area contributed by atoms with Crippen molar-refractivity contribution in [3.05, 3.63) is 34.4 Å². The van der Waals surface area contributed by atoms with Gasteiger partial charge in [-0.2, -0.15) is 0 Å². The summed E-state index contributed by atoms with van der Waals surface area (Å²) in [5, 5.41) is 10.5. The van der Waals surface area contributed by atoms with Gasteiger partial charge in [-0.25, -0.2) is 8.42 Å². The summed E-state index contributed by atoms with van der Waals surface area (Å²) in [6.45, 7) is 3.65. The Morgan fingerprint density at radius 3 is 2.30 bits per heavy atom. The van der Waals surface area contributed by atoms with Gasteiger partial charge in [-0.3, -0.25) is 20.3 Å². The van der Waals surface area contributed by atoms with E-state index in [0.29, 0.717) is 0 Å². The zero-order valence-electron chi connectivity index (χ0n) is 11.0. The summed E-state index contributed by atoms with van der Waals surface area (Å²) < 4.78 is 23.6. The van der Waals surface area contributed by atoms with Crippen LogP contribution in [0.3, 0.4) is 0 Å². The third-order valence-electron chi connectivity index (χ3n) is 2.28. The van der Waals surface area contributed by atoms with Gasteiger partial charge in [0.25, 0.3) is 15.7 Å². The maximum Gasteiger partial charge on any atom is 0.269 e. The van der Waals surface area contributed by atoms with Crippen LogP contribution in [0, 0.1) is 16.0 Å². The maximum atomic E-state index is 11.8. The van der Waals surface area contributed by atoms with E-state index < -0.39 is 20.9 Å². The van der Waals surface area contributed by atoms with Crippen molar-refractivity contribution in [3.63, 3.8) is 0 Å². The summed E-state index contributed by atoms with van der Waals surface area (Å²) in [4.78, 5) is 22.9. The second kappa shape index (κ2) is 6.44. The zero-order valence-corrected chi connectivity index (χ0v) is 11.8. The summed E-state index contributed by atoms with van der Waals surface area (Å²) >= 11 is 0. The van der Waals surface area contributed by atoms with E-state index in [-0.39, 0.29) is 22.9 Å². The lowest BCUT2D eigenvalue weighted by Gasteiger charge is -2.09. The van der Waals surface area contributed by atoms with E-state index in [1.807, 2.05) is 18.7 Å². The van der Waals surface area contributed by atoms with Crippen molar-refractivity contribution in [2.45, 2.75) is 25.2 Å². The quantitative estimate of drug-likeness (QED) is 0.599. The van der Waals surface area contributed by atoms with Crippen LogP contribution >= 0.6 is 0 Å². The molecule has 0 heterocycles. The molecule has 0 bridgehead atoms. The Hall–Kier alpha value is -2.00. The summed E-state index contributed by atoms with van der Waals surface area (Å²) in [5.74, 6) is -0.357. The Labute approximate surface area is 116 Å². The fourth-order valence-corrected chi connectivity index (χ4v) is 2.21. The number of benzene rings is 1. The first-order valence-electron chi connectivity index (χ1n) is 5.77. The summed E-state index contributed by atoms with van der Waals surface area (Å²) in [6.07, 6.45) is 0.183. The van der Waals surface area contributed by atoms with Gasteiger partial charge in [-0.1, -0.05) is 13.8 Å². The average Bonchev–Trinajstić information content (AvgIpc) is 2.36. The smallest absolute Gasteiger partial charge is 0.269 e. The second-order valence-corrected chi connectivity index (χ2v) is 6.19. The number of carbonyl (C=O) groups excluding carboxylic acids is 1. The minimum atomic E-state index is -3.94. The topological polar surface area (TPSA) is 118 Å². The lowest BCUT2D eigenvalue weighted by molar-refractivity contribution is -0.384. The molecule has 1 aromatic rings. The molecular weight excluding hydrogens is 286 g/mol. The van der Waals surface area contributed by atoms with E-state index in [4.69, 9.17) is 0 Å².